The molecule has 0 radical (unpaired) electrons. The molecule has 13 aromatic rings. The Morgan fingerprint density at radius 3 is 0.708 bits per heavy atom. The molecule has 0 fully saturated rings. The summed E-state index contributed by atoms with van der Waals surface area (Å²) in [5.74, 6) is 0. The van der Waals surface area contributed by atoms with Crippen LogP contribution in [0.15, 0.2) is 328 Å². The van der Waals surface area contributed by atoms with Gasteiger partial charge in [0.05, 0.1) is 24.2 Å². The summed E-state index contributed by atoms with van der Waals surface area (Å²) in [5.41, 5.74) is 13.4. The summed E-state index contributed by atoms with van der Waals surface area (Å²) >= 11 is 0. The molecule has 0 aliphatic heterocycles. The van der Waals surface area contributed by atoms with Gasteiger partial charge in [-0.2, -0.15) is 0 Å². The van der Waals surface area contributed by atoms with Crippen molar-refractivity contribution in [2.75, 3.05) is 0 Å². The first-order chi connectivity index (χ1) is 46.4. The van der Waals surface area contributed by atoms with E-state index in [-0.39, 0.29) is 0 Å². The van der Waals surface area contributed by atoms with Gasteiger partial charge in [0, 0.05) is 0 Å². The Kier molecular flexibility index (Phi) is 17.4. The molecule has 0 unspecified atom stereocenters. The maximum absolute atomic E-state index is 2.75. The normalized spacial score (nSPS) is 12.8. The summed E-state index contributed by atoms with van der Waals surface area (Å²) in [5, 5.41) is 22.1. The second-order valence-corrected chi connectivity index (χ2v) is 56.5. The van der Waals surface area contributed by atoms with Crippen molar-refractivity contribution in [1.82, 2.24) is 0 Å². The van der Waals surface area contributed by atoms with Crippen molar-refractivity contribution in [3.8, 4) is 22.3 Å². The fraction of sp³-hybridized carbons (Fsp3) is 0.133. The first-order valence-electron chi connectivity index (χ1n) is 34.6. The van der Waals surface area contributed by atoms with Crippen molar-refractivity contribution in [3.05, 3.63) is 355 Å². The van der Waals surface area contributed by atoms with Crippen molar-refractivity contribution in [2.24, 2.45) is 0 Å². The smallest absolute Gasteiger partial charge is 0.0656 e. The van der Waals surface area contributed by atoms with Crippen molar-refractivity contribution in [1.29, 1.82) is 0 Å². The molecule has 96 heavy (non-hydrogen) atoms. The second kappa shape index (κ2) is 26.0. The first-order valence-corrected chi connectivity index (χ1v) is 51.1. The zero-order valence-corrected chi connectivity index (χ0v) is 63.6. The molecule has 0 heterocycles. The topological polar surface area (TPSA) is 0 Å². The largest absolute Gasteiger partial charge is 0.179 e. The van der Waals surface area contributed by atoms with Gasteiger partial charge in [0.2, 0.25) is 0 Å². The van der Waals surface area contributed by atoms with Crippen molar-refractivity contribution >= 4 is 126 Å². The highest BCUT2D eigenvalue weighted by atomic mass is 28.3. The predicted octanol–water partition coefficient (Wildman–Crippen LogP) is 12.6. The number of hydrogen-bond donors (Lipinski definition) is 0. The van der Waals surface area contributed by atoms with E-state index < -0.39 is 48.4 Å². The van der Waals surface area contributed by atoms with Crippen LogP contribution in [0.1, 0.15) is 27.8 Å². The summed E-state index contributed by atoms with van der Waals surface area (Å²) in [6, 6.07) is 126. The minimum absolute atomic E-state index is 0.984. The quantitative estimate of drug-likeness (QED) is 0.0709. The van der Waals surface area contributed by atoms with Gasteiger partial charge in [-0.15, -0.1) is 0 Å². The van der Waals surface area contributed by atoms with E-state index in [0.717, 1.165) is 12.8 Å². The van der Waals surface area contributed by atoms with E-state index in [1.165, 1.54) is 95.6 Å². The minimum atomic E-state index is -2.75. The molecular formula is C90H88Si6. The predicted molar refractivity (Wildman–Crippen MR) is 434 cm³/mol. The molecule has 2 aliphatic rings. The molecule has 2 aliphatic carbocycles. The van der Waals surface area contributed by atoms with Crippen LogP contribution in [0.5, 0.6) is 0 Å². The molecule has 0 nitrogen and oxygen atoms in total. The molecule has 13 aromatic carbocycles. The molecule has 0 spiro atoms. The fourth-order valence-corrected chi connectivity index (χ4v) is 36.5. The lowest BCUT2D eigenvalue weighted by Gasteiger charge is -2.36. The number of rotatable bonds is 15. The Hall–Kier alpha value is -8.84. The maximum Gasteiger partial charge on any atom is 0.179 e. The average Bonchev–Trinajstić information content (AvgIpc) is 1.37. The first kappa shape index (κ1) is 64.5. The van der Waals surface area contributed by atoms with Crippen LogP contribution in [-0.4, -0.2) is 48.4 Å². The van der Waals surface area contributed by atoms with E-state index >= 15 is 0 Å². The van der Waals surface area contributed by atoms with E-state index in [1.807, 2.05) is 0 Å². The molecule has 472 valence electrons. The van der Waals surface area contributed by atoms with Crippen molar-refractivity contribution in [2.45, 2.75) is 78.7 Å². The zero-order valence-electron chi connectivity index (χ0n) is 57.6. The number of benzene rings is 13. The van der Waals surface area contributed by atoms with Gasteiger partial charge in [0.1, 0.15) is 0 Å². The monoisotopic (exact) mass is 1340 g/mol. The second-order valence-electron chi connectivity index (χ2n) is 30.0. The molecule has 0 N–H and O–H groups in total. The lowest BCUT2D eigenvalue weighted by atomic mass is 10.0. The SMILES string of the molecule is C[Si](C)(C)c1cc([Si](c2ccccc2)(c2ccccc2)c2ccccc2)cc2c1Cc1ccc([Si](c3ccccc3)(c3ccccc3)c3ccccc3)cc1-2.Cc1cc2c(c([Si](C)(C)C)c1)Cc1c-2cc([Si](c2ccccc2)(c2ccccc2)c2ccccc2)cc1[Si](C)(C)C. The van der Waals surface area contributed by atoms with E-state index in [0.29, 0.717) is 0 Å². The van der Waals surface area contributed by atoms with Gasteiger partial charge in [-0.1, -0.05) is 408 Å². The van der Waals surface area contributed by atoms with Crippen LogP contribution in [0, 0.1) is 6.92 Å². The lowest BCUT2D eigenvalue weighted by Crippen LogP contribution is -2.75. The van der Waals surface area contributed by atoms with Crippen LogP contribution in [-0.2, 0) is 12.8 Å². The number of hydrogen-bond acceptors (Lipinski definition) is 0. The Bertz CT molecular complexity index is 4600. The van der Waals surface area contributed by atoms with Crippen LogP contribution in [0.4, 0.5) is 0 Å². The molecule has 0 aromatic heterocycles. The highest BCUT2D eigenvalue weighted by Gasteiger charge is 2.47. The Labute approximate surface area is 578 Å². The Morgan fingerprint density at radius 2 is 0.427 bits per heavy atom. The Morgan fingerprint density at radius 1 is 0.198 bits per heavy atom. The standard InChI is InChI=1S/C52H46Si3.C38H42Si3/c1-53(2,3)52-39-48(55(44-28-16-7-17-29-44,45-30-18-8-19-31-45)46-32-20-9-21-33-46)38-50-49-37-47(35-34-40(49)36-51(50)52)54(41-22-10-4-11-23-41,42-24-12-5-13-25-42)43-26-14-6-15-27-43;1-28-23-33-34-25-32(26-38(40(5,6)7)36(34)27-35(33)37(24-28)39(2,3)4)41(29-17-11-8-12-18-29,30-19-13-9-14-20-30)31-21-15-10-16-22-31/h4-35,37-39H,36H2,1-3H3;8-26H,27H2,1-7H3. The van der Waals surface area contributed by atoms with E-state index in [1.54, 1.807) is 32.3 Å². The third-order valence-electron chi connectivity index (χ3n) is 20.9. The van der Waals surface area contributed by atoms with Gasteiger partial charge in [-0.3, -0.25) is 0 Å². The highest BCUT2D eigenvalue weighted by molar-refractivity contribution is 7.21. The molecule has 15 rings (SSSR count). The van der Waals surface area contributed by atoms with Gasteiger partial charge in [0.15, 0.2) is 24.2 Å². The van der Waals surface area contributed by atoms with Crippen molar-refractivity contribution < 1.29 is 0 Å². The third kappa shape index (κ3) is 11.4. The van der Waals surface area contributed by atoms with Gasteiger partial charge in [0.25, 0.3) is 0 Å². The van der Waals surface area contributed by atoms with Crippen LogP contribution in [0.3, 0.4) is 0 Å². The summed E-state index contributed by atoms with van der Waals surface area (Å²) < 4.78 is 0. The Balaban J connectivity index is 0.000000172. The zero-order chi connectivity index (χ0) is 66.5. The molecule has 0 bridgehead atoms. The summed E-state index contributed by atoms with van der Waals surface area (Å²) in [6.07, 6.45) is 2.07. The van der Waals surface area contributed by atoms with Gasteiger partial charge in [-0.25, -0.2) is 0 Å². The van der Waals surface area contributed by atoms with Crippen LogP contribution in [0.2, 0.25) is 58.9 Å². The van der Waals surface area contributed by atoms with Crippen molar-refractivity contribution in [3.63, 3.8) is 0 Å². The van der Waals surface area contributed by atoms with E-state index in [9.17, 15) is 0 Å². The van der Waals surface area contributed by atoms with E-state index in [2.05, 4.69) is 393 Å². The molecule has 6 heteroatoms. The fourth-order valence-electron chi connectivity index (χ4n) is 16.7. The van der Waals surface area contributed by atoms with Crippen LogP contribution in [0.25, 0.3) is 22.3 Å². The lowest BCUT2D eigenvalue weighted by molar-refractivity contribution is 1.28. The summed E-state index contributed by atoms with van der Waals surface area (Å²) in [7, 11) is -13.1. The molecule has 0 saturated carbocycles. The minimum Gasteiger partial charge on any atom is -0.0656 e. The summed E-state index contributed by atoms with van der Waals surface area (Å²) in [6.45, 7) is 25.0. The van der Waals surface area contributed by atoms with E-state index in [4.69, 9.17) is 0 Å². The van der Waals surface area contributed by atoms with Gasteiger partial charge >= 0.3 is 0 Å². The summed E-state index contributed by atoms with van der Waals surface area (Å²) in [4.78, 5) is 0. The molecule has 0 saturated heterocycles. The number of fused-ring (bicyclic) bond motifs is 6. The molecule has 0 amide bonds. The van der Waals surface area contributed by atoms with Crippen LogP contribution >= 0.6 is 0 Å². The van der Waals surface area contributed by atoms with Gasteiger partial charge in [-0.05, 0) is 127 Å². The van der Waals surface area contributed by atoms with Gasteiger partial charge < -0.3 is 0 Å². The molecule has 0 atom stereocenters. The molecular weight excluding hydrogens is 1250 g/mol. The maximum atomic E-state index is 2.68. The number of aryl methyl sites for hydroxylation is 1. The highest BCUT2D eigenvalue weighted by Crippen LogP contribution is 2.39. The van der Waals surface area contributed by atoms with Crippen LogP contribution < -0.4 is 77.8 Å². The average molecular weight is 1340 g/mol. The third-order valence-corrected chi connectivity index (χ3v) is 41.4.